The summed E-state index contributed by atoms with van der Waals surface area (Å²) in [4.78, 5) is 0. The van der Waals surface area contributed by atoms with Crippen molar-refractivity contribution in [2.24, 2.45) is 0 Å². The van der Waals surface area contributed by atoms with E-state index >= 15 is 0 Å². The largest absolute Gasteiger partial charge is 0.379 e. The number of hydrogen-bond donors (Lipinski definition) is 1. The van der Waals surface area contributed by atoms with Gasteiger partial charge in [0.1, 0.15) is 5.82 Å². The van der Waals surface area contributed by atoms with Gasteiger partial charge in [-0.05, 0) is 43.5 Å². The molecule has 1 aromatic carbocycles. The van der Waals surface area contributed by atoms with E-state index in [2.05, 4.69) is 5.32 Å². The van der Waals surface area contributed by atoms with E-state index in [1.807, 2.05) is 0 Å². The lowest BCUT2D eigenvalue weighted by molar-refractivity contribution is 0.0166. The van der Waals surface area contributed by atoms with Gasteiger partial charge < -0.3 is 14.8 Å². The molecule has 1 N–H and O–H groups in total. The molecule has 1 saturated heterocycles. The molecule has 1 aromatic rings. The molecule has 1 fully saturated rings. The van der Waals surface area contributed by atoms with Crippen molar-refractivity contribution in [1.29, 1.82) is 0 Å². The molecule has 1 aliphatic rings. The Kier molecular flexibility index (Phi) is 6.73. The molecular formula is C15H21ClFNO2. The lowest BCUT2D eigenvalue weighted by atomic mass is 10.2. The smallest absolute Gasteiger partial charge is 0.124 e. The Morgan fingerprint density at radius 3 is 3.10 bits per heavy atom. The van der Waals surface area contributed by atoms with Crippen molar-refractivity contribution >= 4 is 11.6 Å². The zero-order chi connectivity index (χ0) is 14.2. The first kappa shape index (κ1) is 15.7. The first-order valence-corrected chi connectivity index (χ1v) is 7.47. The highest BCUT2D eigenvalue weighted by atomic mass is 35.5. The quantitative estimate of drug-likeness (QED) is 0.748. The molecule has 0 aromatic heterocycles. The van der Waals surface area contributed by atoms with E-state index in [9.17, 15) is 4.39 Å². The normalized spacial score (nSPS) is 18.6. The summed E-state index contributed by atoms with van der Waals surface area (Å²) in [6, 6.07) is 4.47. The zero-order valence-corrected chi connectivity index (χ0v) is 12.3. The predicted molar refractivity (Wildman–Crippen MR) is 77.5 cm³/mol. The van der Waals surface area contributed by atoms with Gasteiger partial charge in [-0.25, -0.2) is 4.39 Å². The van der Waals surface area contributed by atoms with Crippen LogP contribution in [0.1, 0.15) is 24.8 Å². The number of hydrogen-bond acceptors (Lipinski definition) is 3. The second kappa shape index (κ2) is 8.57. The molecule has 0 radical (unpaired) electrons. The average Bonchev–Trinajstić information content (AvgIpc) is 2.93. The maximum atomic E-state index is 12.9. The first-order valence-electron chi connectivity index (χ1n) is 7.09. The van der Waals surface area contributed by atoms with Crippen LogP contribution in [0.5, 0.6) is 0 Å². The van der Waals surface area contributed by atoms with Gasteiger partial charge in [-0.15, -0.1) is 0 Å². The highest BCUT2D eigenvalue weighted by Gasteiger charge is 2.14. The van der Waals surface area contributed by atoms with Gasteiger partial charge in [-0.3, -0.25) is 0 Å². The van der Waals surface area contributed by atoms with Crippen LogP contribution in [0.25, 0.3) is 0 Å². The second-order valence-electron chi connectivity index (χ2n) is 4.98. The van der Waals surface area contributed by atoms with E-state index in [1.54, 1.807) is 6.07 Å². The Hall–Kier alpha value is -0.680. The van der Waals surface area contributed by atoms with Crippen molar-refractivity contribution < 1.29 is 13.9 Å². The molecule has 112 valence electrons. The van der Waals surface area contributed by atoms with Crippen LogP contribution in [-0.4, -0.2) is 32.5 Å². The zero-order valence-electron chi connectivity index (χ0n) is 11.5. The number of nitrogens with one attached hydrogen (secondary N) is 1. The maximum Gasteiger partial charge on any atom is 0.124 e. The van der Waals surface area contributed by atoms with Gasteiger partial charge in [0, 0.05) is 24.8 Å². The minimum Gasteiger partial charge on any atom is -0.379 e. The van der Waals surface area contributed by atoms with Gasteiger partial charge in [0.25, 0.3) is 0 Å². The molecule has 5 heteroatoms. The molecule has 1 heterocycles. The van der Waals surface area contributed by atoms with Gasteiger partial charge in [0.2, 0.25) is 0 Å². The molecule has 0 aliphatic carbocycles. The van der Waals surface area contributed by atoms with E-state index in [4.69, 9.17) is 21.1 Å². The number of ether oxygens (including phenoxy) is 2. The van der Waals surface area contributed by atoms with Crippen molar-refractivity contribution in [1.82, 2.24) is 5.32 Å². The lowest BCUT2D eigenvalue weighted by Crippen LogP contribution is -2.19. The minimum atomic E-state index is -0.304. The molecule has 3 nitrogen and oxygen atoms in total. The minimum absolute atomic E-state index is 0.293. The molecule has 0 bridgehead atoms. The summed E-state index contributed by atoms with van der Waals surface area (Å²) < 4.78 is 23.9. The summed E-state index contributed by atoms with van der Waals surface area (Å²) in [6.45, 7) is 3.78. The van der Waals surface area contributed by atoms with Crippen LogP contribution in [-0.2, 0) is 16.0 Å². The Labute approximate surface area is 124 Å². The van der Waals surface area contributed by atoms with E-state index in [1.165, 1.54) is 12.1 Å². The van der Waals surface area contributed by atoms with Crippen LogP contribution in [0, 0.1) is 5.82 Å². The van der Waals surface area contributed by atoms with Gasteiger partial charge >= 0.3 is 0 Å². The van der Waals surface area contributed by atoms with Crippen molar-refractivity contribution in [3.63, 3.8) is 0 Å². The van der Waals surface area contributed by atoms with Gasteiger partial charge in [0.05, 0.1) is 12.7 Å². The lowest BCUT2D eigenvalue weighted by Gasteiger charge is -2.10. The van der Waals surface area contributed by atoms with Crippen molar-refractivity contribution in [3.05, 3.63) is 34.6 Å². The molecule has 1 unspecified atom stereocenters. The summed E-state index contributed by atoms with van der Waals surface area (Å²) in [6.07, 6.45) is 3.49. The predicted octanol–water partition coefficient (Wildman–Crippen LogP) is 3.15. The maximum absolute atomic E-state index is 12.9. The standard InChI is InChI=1S/C15H21ClFNO2/c16-15-9-13(17)5-4-12(15)10-18-6-2-7-19-11-14-3-1-8-20-14/h4-5,9,14,18H,1-3,6-8,10-11H2. The summed E-state index contributed by atoms with van der Waals surface area (Å²) in [5.74, 6) is -0.304. The van der Waals surface area contributed by atoms with Crippen molar-refractivity contribution in [2.75, 3.05) is 26.4 Å². The Bertz CT molecular complexity index is 411. The third kappa shape index (κ3) is 5.37. The molecule has 20 heavy (non-hydrogen) atoms. The fraction of sp³-hybridized carbons (Fsp3) is 0.600. The van der Waals surface area contributed by atoms with Crippen LogP contribution < -0.4 is 5.32 Å². The summed E-state index contributed by atoms with van der Waals surface area (Å²) in [5, 5.41) is 3.74. The van der Waals surface area contributed by atoms with E-state index < -0.39 is 0 Å². The van der Waals surface area contributed by atoms with E-state index in [0.29, 0.717) is 24.3 Å². The Balaban J connectivity index is 1.50. The SMILES string of the molecule is Fc1ccc(CNCCCOCC2CCCO2)c(Cl)c1. The number of benzene rings is 1. The first-order chi connectivity index (χ1) is 9.75. The van der Waals surface area contributed by atoms with Crippen LogP contribution in [0.15, 0.2) is 18.2 Å². The van der Waals surface area contributed by atoms with E-state index in [0.717, 1.165) is 44.6 Å². The fourth-order valence-corrected chi connectivity index (χ4v) is 2.41. The molecule has 2 rings (SSSR count). The molecule has 0 spiro atoms. The highest BCUT2D eigenvalue weighted by molar-refractivity contribution is 6.31. The number of rotatable bonds is 8. The second-order valence-corrected chi connectivity index (χ2v) is 5.38. The molecule has 1 aliphatic heterocycles. The highest BCUT2D eigenvalue weighted by Crippen LogP contribution is 2.16. The Morgan fingerprint density at radius 2 is 2.35 bits per heavy atom. The van der Waals surface area contributed by atoms with Crippen LogP contribution >= 0.6 is 11.6 Å². The van der Waals surface area contributed by atoms with Crippen molar-refractivity contribution in [2.45, 2.75) is 31.9 Å². The third-order valence-electron chi connectivity index (χ3n) is 3.30. The van der Waals surface area contributed by atoms with Crippen LogP contribution in [0.3, 0.4) is 0 Å². The molecule has 0 saturated carbocycles. The van der Waals surface area contributed by atoms with Crippen LogP contribution in [0.4, 0.5) is 4.39 Å². The molecule has 1 atom stereocenters. The van der Waals surface area contributed by atoms with Gasteiger partial charge in [-0.1, -0.05) is 17.7 Å². The molecular weight excluding hydrogens is 281 g/mol. The number of halogens is 2. The monoisotopic (exact) mass is 301 g/mol. The summed E-state index contributed by atoms with van der Waals surface area (Å²) >= 11 is 5.95. The topological polar surface area (TPSA) is 30.5 Å². The Morgan fingerprint density at radius 1 is 1.45 bits per heavy atom. The van der Waals surface area contributed by atoms with Crippen molar-refractivity contribution in [3.8, 4) is 0 Å². The fourth-order valence-electron chi connectivity index (χ4n) is 2.18. The average molecular weight is 302 g/mol. The third-order valence-corrected chi connectivity index (χ3v) is 3.65. The van der Waals surface area contributed by atoms with Crippen LogP contribution in [0.2, 0.25) is 5.02 Å². The van der Waals surface area contributed by atoms with E-state index in [-0.39, 0.29) is 5.82 Å². The molecule has 0 amide bonds. The summed E-state index contributed by atoms with van der Waals surface area (Å²) in [5.41, 5.74) is 0.911. The van der Waals surface area contributed by atoms with Gasteiger partial charge in [-0.2, -0.15) is 0 Å². The summed E-state index contributed by atoms with van der Waals surface area (Å²) in [7, 11) is 0. The van der Waals surface area contributed by atoms with Gasteiger partial charge in [0.15, 0.2) is 0 Å².